The van der Waals surface area contributed by atoms with Crippen molar-refractivity contribution < 1.29 is 4.79 Å². The molecule has 13 heavy (non-hydrogen) atoms. The molecule has 0 unspecified atom stereocenters. The van der Waals surface area contributed by atoms with Gasteiger partial charge in [-0.15, -0.1) is 0 Å². The largest absolute Gasteiger partial charge is 0.389 e. The molecule has 0 spiro atoms. The molecule has 0 aromatic carbocycles. The molecule has 0 fully saturated rings. The van der Waals surface area contributed by atoms with Crippen molar-refractivity contribution in [1.82, 2.24) is 4.98 Å². The standard InChI is InChI=1S/C9H14N2OS/c1-3-4-5-7(12)9-11-6(2)8(10)13-9/h3-5,10H2,1-2H3. The quantitative estimate of drug-likeness (QED) is 0.756. The number of Topliss-reactive ketones (excluding diaryl/α,β-unsaturated/α-hetero) is 1. The predicted octanol–water partition coefficient (Wildman–Crippen LogP) is 2.41. The van der Waals surface area contributed by atoms with E-state index in [1.165, 1.54) is 11.3 Å². The lowest BCUT2D eigenvalue weighted by molar-refractivity contribution is 0.0979. The maximum atomic E-state index is 11.5. The first-order valence-electron chi connectivity index (χ1n) is 4.41. The van der Waals surface area contributed by atoms with Crippen LogP contribution in [-0.4, -0.2) is 10.8 Å². The zero-order valence-electron chi connectivity index (χ0n) is 7.96. The summed E-state index contributed by atoms with van der Waals surface area (Å²) in [7, 11) is 0. The minimum Gasteiger partial charge on any atom is -0.389 e. The fourth-order valence-corrected chi connectivity index (χ4v) is 1.77. The Morgan fingerprint density at radius 1 is 1.62 bits per heavy atom. The van der Waals surface area contributed by atoms with E-state index in [1.807, 2.05) is 6.92 Å². The Kier molecular flexibility index (Phi) is 3.42. The highest BCUT2D eigenvalue weighted by Crippen LogP contribution is 2.21. The molecule has 1 aromatic heterocycles. The van der Waals surface area contributed by atoms with Gasteiger partial charge >= 0.3 is 0 Å². The fourth-order valence-electron chi connectivity index (χ4n) is 0.972. The predicted molar refractivity (Wildman–Crippen MR) is 55.1 cm³/mol. The van der Waals surface area contributed by atoms with Crippen LogP contribution in [0.25, 0.3) is 0 Å². The van der Waals surface area contributed by atoms with Gasteiger partial charge in [0.15, 0.2) is 10.8 Å². The number of carbonyl (C=O) groups excluding carboxylic acids is 1. The number of nitrogen functional groups attached to an aromatic ring is 1. The molecular weight excluding hydrogens is 184 g/mol. The Morgan fingerprint density at radius 2 is 2.31 bits per heavy atom. The number of hydrogen-bond donors (Lipinski definition) is 1. The van der Waals surface area contributed by atoms with E-state index in [2.05, 4.69) is 11.9 Å². The summed E-state index contributed by atoms with van der Waals surface area (Å²) < 4.78 is 0. The minimum absolute atomic E-state index is 0.117. The van der Waals surface area contributed by atoms with Crippen LogP contribution in [0.1, 0.15) is 41.7 Å². The normalized spacial score (nSPS) is 10.3. The Labute approximate surface area is 82.0 Å². The van der Waals surface area contributed by atoms with Gasteiger partial charge < -0.3 is 5.73 Å². The van der Waals surface area contributed by atoms with Gasteiger partial charge in [-0.2, -0.15) is 0 Å². The molecule has 0 saturated carbocycles. The van der Waals surface area contributed by atoms with Gasteiger partial charge in [0.2, 0.25) is 0 Å². The summed E-state index contributed by atoms with van der Waals surface area (Å²) in [6.07, 6.45) is 2.55. The molecule has 2 N–H and O–H groups in total. The topological polar surface area (TPSA) is 56.0 Å². The summed E-state index contributed by atoms with van der Waals surface area (Å²) in [5.41, 5.74) is 6.38. The number of hydrogen-bond acceptors (Lipinski definition) is 4. The first kappa shape index (κ1) is 10.2. The molecular formula is C9H14N2OS. The molecule has 0 aliphatic heterocycles. The molecule has 4 heteroatoms. The van der Waals surface area contributed by atoms with Gasteiger partial charge in [-0.1, -0.05) is 24.7 Å². The summed E-state index contributed by atoms with van der Waals surface area (Å²) in [6.45, 7) is 3.89. The summed E-state index contributed by atoms with van der Waals surface area (Å²) in [6, 6.07) is 0. The monoisotopic (exact) mass is 198 g/mol. The lowest BCUT2D eigenvalue weighted by atomic mass is 10.2. The molecule has 3 nitrogen and oxygen atoms in total. The number of anilines is 1. The van der Waals surface area contributed by atoms with Gasteiger partial charge in [0, 0.05) is 6.42 Å². The van der Waals surface area contributed by atoms with Crippen molar-refractivity contribution in [2.75, 3.05) is 5.73 Å². The summed E-state index contributed by atoms with van der Waals surface area (Å²) in [5, 5.41) is 1.21. The molecule has 1 rings (SSSR count). The number of unbranched alkanes of at least 4 members (excludes halogenated alkanes) is 1. The number of carbonyl (C=O) groups is 1. The molecule has 1 heterocycles. The molecule has 0 atom stereocenters. The van der Waals surface area contributed by atoms with Crippen molar-refractivity contribution in [2.24, 2.45) is 0 Å². The second kappa shape index (κ2) is 4.37. The van der Waals surface area contributed by atoms with Crippen molar-refractivity contribution in [3.05, 3.63) is 10.7 Å². The van der Waals surface area contributed by atoms with Crippen LogP contribution in [0.2, 0.25) is 0 Å². The third-order valence-electron chi connectivity index (χ3n) is 1.83. The first-order chi connectivity index (χ1) is 6.15. The van der Waals surface area contributed by atoms with E-state index < -0.39 is 0 Å². The van der Waals surface area contributed by atoms with E-state index in [-0.39, 0.29) is 5.78 Å². The van der Waals surface area contributed by atoms with Crippen LogP contribution in [0, 0.1) is 6.92 Å². The summed E-state index contributed by atoms with van der Waals surface area (Å²) in [4.78, 5) is 15.6. The third-order valence-corrected chi connectivity index (χ3v) is 2.86. The molecule has 72 valence electrons. The second-order valence-corrected chi connectivity index (χ2v) is 4.03. The Morgan fingerprint density at radius 3 is 2.77 bits per heavy atom. The van der Waals surface area contributed by atoms with E-state index in [0.29, 0.717) is 16.4 Å². The van der Waals surface area contributed by atoms with Crippen molar-refractivity contribution in [1.29, 1.82) is 0 Å². The Bertz CT molecular complexity index is 287. The number of thiazole rings is 1. The van der Waals surface area contributed by atoms with Crippen molar-refractivity contribution in [3.63, 3.8) is 0 Å². The Hall–Kier alpha value is -0.900. The van der Waals surface area contributed by atoms with Crippen molar-refractivity contribution in [2.45, 2.75) is 33.1 Å². The summed E-state index contributed by atoms with van der Waals surface area (Å²) >= 11 is 1.29. The highest BCUT2D eigenvalue weighted by atomic mass is 32.1. The molecule has 0 radical (unpaired) electrons. The highest BCUT2D eigenvalue weighted by molar-refractivity contribution is 7.17. The van der Waals surface area contributed by atoms with Crippen LogP contribution >= 0.6 is 11.3 Å². The Balaban J connectivity index is 2.66. The highest BCUT2D eigenvalue weighted by Gasteiger charge is 2.11. The lowest BCUT2D eigenvalue weighted by Crippen LogP contribution is -1.97. The van der Waals surface area contributed by atoms with Crippen LogP contribution < -0.4 is 5.73 Å². The molecule has 0 saturated heterocycles. The van der Waals surface area contributed by atoms with Crippen LogP contribution in [-0.2, 0) is 0 Å². The lowest BCUT2D eigenvalue weighted by Gasteiger charge is -1.92. The molecule has 0 bridgehead atoms. The molecule has 1 aromatic rings. The molecule has 0 aliphatic carbocycles. The van der Waals surface area contributed by atoms with Gasteiger partial charge in [0.25, 0.3) is 0 Å². The number of aromatic nitrogens is 1. The molecule has 0 amide bonds. The second-order valence-electron chi connectivity index (χ2n) is 3.00. The smallest absolute Gasteiger partial charge is 0.191 e. The van der Waals surface area contributed by atoms with E-state index in [9.17, 15) is 4.79 Å². The number of nitrogens with two attached hydrogens (primary N) is 1. The zero-order valence-corrected chi connectivity index (χ0v) is 8.78. The van der Waals surface area contributed by atoms with Gasteiger partial charge in [-0.25, -0.2) is 4.98 Å². The zero-order chi connectivity index (χ0) is 9.84. The van der Waals surface area contributed by atoms with E-state index in [1.54, 1.807) is 0 Å². The number of aryl methyl sites for hydroxylation is 1. The van der Waals surface area contributed by atoms with E-state index in [0.717, 1.165) is 18.5 Å². The van der Waals surface area contributed by atoms with Crippen molar-refractivity contribution in [3.8, 4) is 0 Å². The molecule has 0 aliphatic rings. The van der Waals surface area contributed by atoms with Gasteiger partial charge in [0.1, 0.15) is 5.00 Å². The number of nitrogens with zero attached hydrogens (tertiary/aromatic N) is 1. The van der Waals surface area contributed by atoms with Crippen LogP contribution in [0.5, 0.6) is 0 Å². The third kappa shape index (κ3) is 2.52. The van der Waals surface area contributed by atoms with Gasteiger partial charge in [-0.3, -0.25) is 4.79 Å². The SMILES string of the molecule is CCCCC(=O)c1nc(C)c(N)s1. The van der Waals surface area contributed by atoms with Gasteiger partial charge in [0.05, 0.1) is 5.69 Å². The van der Waals surface area contributed by atoms with Crippen LogP contribution in [0.4, 0.5) is 5.00 Å². The van der Waals surface area contributed by atoms with Gasteiger partial charge in [-0.05, 0) is 13.3 Å². The average molecular weight is 198 g/mol. The summed E-state index contributed by atoms with van der Waals surface area (Å²) in [5.74, 6) is 0.117. The first-order valence-corrected chi connectivity index (χ1v) is 5.23. The maximum absolute atomic E-state index is 11.5. The van der Waals surface area contributed by atoms with E-state index in [4.69, 9.17) is 5.73 Å². The van der Waals surface area contributed by atoms with Crippen LogP contribution in [0.3, 0.4) is 0 Å². The van der Waals surface area contributed by atoms with E-state index >= 15 is 0 Å². The maximum Gasteiger partial charge on any atom is 0.191 e. The van der Waals surface area contributed by atoms with Crippen molar-refractivity contribution >= 4 is 22.1 Å². The minimum atomic E-state index is 0.117. The fraction of sp³-hybridized carbons (Fsp3) is 0.556. The average Bonchev–Trinajstić information content (AvgIpc) is 2.43. The number of rotatable bonds is 4. The number of ketones is 1. The van der Waals surface area contributed by atoms with Crippen LogP contribution in [0.15, 0.2) is 0 Å².